The molecule has 0 atom stereocenters. The Labute approximate surface area is 123 Å². The van der Waals surface area contributed by atoms with Gasteiger partial charge in [0, 0.05) is 27.2 Å². The molecule has 0 saturated carbocycles. The van der Waals surface area contributed by atoms with Crippen LogP contribution in [0.1, 0.15) is 13.8 Å². The minimum Gasteiger partial charge on any atom is -0.357 e. The van der Waals surface area contributed by atoms with E-state index >= 15 is 0 Å². The third-order valence-corrected chi connectivity index (χ3v) is 3.02. The Bertz CT molecular complexity index is 518. The topological polar surface area (TPSA) is 104 Å². The third-order valence-electron chi connectivity index (χ3n) is 3.02. The summed E-state index contributed by atoms with van der Waals surface area (Å²) >= 11 is 0. The largest absolute Gasteiger partial charge is 0.357 e. The number of hydrogen-bond acceptors (Lipinski definition) is 7. The van der Waals surface area contributed by atoms with Crippen LogP contribution in [-0.4, -0.2) is 59.4 Å². The Morgan fingerprint density at radius 1 is 1.43 bits per heavy atom. The summed E-state index contributed by atoms with van der Waals surface area (Å²) in [6, 6.07) is 0. The van der Waals surface area contributed by atoms with Crippen LogP contribution in [0.5, 0.6) is 0 Å². The lowest BCUT2D eigenvalue weighted by molar-refractivity contribution is -0.384. The first-order valence-corrected chi connectivity index (χ1v) is 6.62. The van der Waals surface area contributed by atoms with Crippen LogP contribution in [0.2, 0.25) is 0 Å². The van der Waals surface area contributed by atoms with Gasteiger partial charge in [-0.2, -0.15) is 4.98 Å². The molecule has 1 aromatic heterocycles. The fourth-order valence-electron chi connectivity index (χ4n) is 1.85. The number of anilines is 2. The lowest BCUT2D eigenvalue weighted by Crippen LogP contribution is -2.39. The van der Waals surface area contributed by atoms with Gasteiger partial charge in [0.15, 0.2) is 0 Å². The van der Waals surface area contributed by atoms with Gasteiger partial charge in [0.05, 0.1) is 11.5 Å². The molecule has 9 heteroatoms. The number of carbonyl (C=O) groups is 1. The van der Waals surface area contributed by atoms with Crippen molar-refractivity contribution in [1.82, 2.24) is 14.9 Å². The van der Waals surface area contributed by atoms with E-state index in [9.17, 15) is 14.9 Å². The molecule has 116 valence electrons. The highest BCUT2D eigenvalue weighted by Crippen LogP contribution is 2.24. The van der Waals surface area contributed by atoms with Gasteiger partial charge in [0.2, 0.25) is 17.7 Å². The highest BCUT2D eigenvalue weighted by molar-refractivity contribution is 5.81. The van der Waals surface area contributed by atoms with Gasteiger partial charge >= 0.3 is 5.69 Å². The summed E-state index contributed by atoms with van der Waals surface area (Å²) in [5.41, 5.74) is -0.233. The molecule has 9 nitrogen and oxygen atoms in total. The average molecular weight is 296 g/mol. The highest BCUT2D eigenvalue weighted by Gasteiger charge is 2.23. The monoisotopic (exact) mass is 296 g/mol. The van der Waals surface area contributed by atoms with Crippen molar-refractivity contribution < 1.29 is 9.72 Å². The van der Waals surface area contributed by atoms with Crippen molar-refractivity contribution in [3.8, 4) is 0 Å². The first-order chi connectivity index (χ1) is 9.94. The molecule has 1 aromatic rings. The van der Waals surface area contributed by atoms with Crippen molar-refractivity contribution in [3.05, 3.63) is 16.3 Å². The number of nitrogens with one attached hydrogen (secondary N) is 1. The smallest absolute Gasteiger partial charge is 0.329 e. The second-order valence-electron chi connectivity index (χ2n) is 4.33. The maximum atomic E-state index is 12.1. The maximum Gasteiger partial charge on any atom is 0.329 e. The number of amides is 1. The fourth-order valence-corrected chi connectivity index (χ4v) is 1.85. The van der Waals surface area contributed by atoms with E-state index in [4.69, 9.17) is 0 Å². The van der Waals surface area contributed by atoms with Gasteiger partial charge in [-0.3, -0.25) is 14.9 Å². The molecule has 1 heterocycles. The van der Waals surface area contributed by atoms with Crippen molar-refractivity contribution in [2.75, 3.05) is 43.9 Å². The molecule has 0 fully saturated rings. The molecule has 0 aromatic carbocycles. The molecule has 0 aliphatic rings. The number of likely N-dealkylation sites (N-methyl/N-ethyl adjacent to an activating group) is 2. The molecule has 1 N–H and O–H groups in total. The molecular weight excluding hydrogens is 276 g/mol. The minimum absolute atomic E-state index is 0.0166. The second kappa shape index (κ2) is 7.36. The number of rotatable bonds is 7. The van der Waals surface area contributed by atoms with Crippen molar-refractivity contribution in [3.63, 3.8) is 0 Å². The Morgan fingerprint density at radius 2 is 2.05 bits per heavy atom. The number of hydrogen-bond donors (Lipinski definition) is 1. The quantitative estimate of drug-likeness (QED) is 0.584. The Morgan fingerprint density at radius 3 is 2.52 bits per heavy atom. The summed E-state index contributed by atoms with van der Waals surface area (Å²) in [6.45, 7) is 4.97. The van der Waals surface area contributed by atoms with Gasteiger partial charge < -0.3 is 15.1 Å². The predicted molar refractivity (Wildman–Crippen MR) is 79.4 cm³/mol. The van der Waals surface area contributed by atoms with E-state index in [1.54, 1.807) is 19.0 Å². The van der Waals surface area contributed by atoms with Crippen LogP contribution in [-0.2, 0) is 4.79 Å². The van der Waals surface area contributed by atoms with E-state index in [1.807, 2.05) is 13.8 Å². The zero-order valence-corrected chi connectivity index (χ0v) is 12.7. The molecule has 0 radical (unpaired) electrons. The van der Waals surface area contributed by atoms with Crippen molar-refractivity contribution >= 4 is 23.4 Å². The average Bonchev–Trinajstić information content (AvgIpc) is 2.47. The Balaban J connectivity index is 3.02. The number of nitro groups is 1. The van der Waals surface area contributed by atoms with E-state index < -0.39 is 4.92 Å². The van der Waals surface area contributed by atoms with E-state index in [0.29, 0.717) is 13.1 Å². The van der Waals surface area contributed by atoms with Crippen molar-refractivity contribution in [2.45, 2.75) is 13.8 Å². The lowest BCUT2D eigenvalue weighted by atomic mass is 10.4. The summed E-state index contributed by atoms with van der Waals surface area (Å²) in [5.74, 6) is 0.263. The maximum absolute atomic E-state index is 12.1. The number of nitrogens with zero attached hydrogens (tertiary/aromatic N) is 5. The van der Waals surface area contributed by atoms with E-state index in [1.165, 1.54) is 4.90 Å². The molecule has 1 amide bonds. The summed E-state index contributed by atoms with van der Waals surface area (Å²) in [4.78, 5) is 33.6. The molecule has 0 aliphatic carbocycles. The van der Waals surface area contributed by atoms with E-state index in [0.717, 1.165) is 6.20 Å². The fraction of sp³-hybridized carbons (Fsp3) is 0.583. The van der Waals surface area contributed by atoms with E-state index in [2.05, 4.69) is 15.3 Å². The highest BCUT2D eigenvalue weighted by atomic mass is 16.6. The molecule has 0 unspecified atom stereocenters. The zero-order valence-electron chi connectivity index (χ0n) is 12.7. The first kappa shape index (κ1) is 16.6. The van der Waals surface area contributed by atoms with Gasteiger partial charge in [0.25, 0.3) is 0 Å². The minimum atomic E-state index is -0.562. The Hall–Kier alpha value is -2.45. The molecule has 21 heavy (non-hydrogen) atoms. The second-order valence-corrected chi connectivity index (χ2v) is 4.33. The third kappa shape index (κ3) is 4.01. The van der Waals surface area contributed by atoms with Crippen LogP contribution in [0.25, 0.3) is 0 Å². The predicted octanol–water partition coefficient (Wildman–Crippen LogP) is 0.731. The summed E-state index contributed by atoms with van der Waals surface area (Å²) in [5, 5.41) is 13.8. The summed E-state index contributed by atoms with van der Waals surface area (Å²) < 4.78 is 0. The first-order valence-electron chi connectivity index (χ1n) is 6.62. The standard InChI is InChI=1S/C12H20N6O3/c1-5-17(6-2)10(19)8-16(4)11-9(18(20)21)7-14-12(13-3)15-11/h7H,5-6,8H2,1-4H3,(H,13,14,15). The SMILES string of the molecule is CCN(CC)C(=O)CN(C)c1nc(NC)ncc1[N+](=O)[O-]. The van der Waals surface area contributed by atoms with Gasteiger partial charge in [-0.25, -0.2) is 4.98 Å². The molecule has 0 saturated heterocycles. The van der Waals surface area contributed by atoms with Gasteiger partial charge in [-0.05, 0) is 13.8 Å². The van der Waals surface area contributed by atoms with Gasteiger partial charge in [0.1, 0.15) is 6.20 Å². The normalized spacial score (nSPS) is 10.1. The lowest BCUT2D eigenvalue weighted by Gasteiger charge is -2.23. The molecule has 0 spiro atoms. The summed E-state index contributed by atoms with van der Waals surface area (Å²) in [7, 11) is 3.21. The van der Waals surface area contributed by atoms with Crippen LogP contribution < -0.4 is 10.2 Å². The van der Waals surface area contributed by atoms with Crippen LogP contribution in [0, 0.1) is 10.1 Å². The molecular formula is C12H20N6O3. The van der Waals surface area contributed by atoms with Crippen molar-refractivity contribution in [1.29, 1.82) is 0 Å². The van der Waals surface area contributed by atoms with Crippen molar-refractivity contribution in [2.24, 2.45) is 0 Å². The number of carbonyl (C=O) groups excluding carboxylic acids is 1. The zero-order chi connectivity index (χ0) is 16.0. The Kier molecular flexibility index (Phi) is 5.82. The van der Waals surface area contributed by atoms with Gasteiger partial charge in [-0.15, -0.1) is 0 Å². The molecule has 0 bridgehead atoms. The summed E-state index contributed by atoms with van der Waals surface area (Å²) in [6.07, 6.45) is 1.13. The van der Waals surface area contributed by atoms with Crippen LogP contribution in [0.3, 0.4) is 0 Å². The number of aromatic nitrogens is 2. The van der Waals surface area contributed by atoms with Crippen LogP contribution in [0.15, 0.2) is 6.20 Å². The molecule has 1 rings (SSSR count). The van der Waals surface area contributed by atoms with E-state index in [-0.39, 0.29) is 29.9 Å². The van der Waals surface area contributed by atoms with Gasteiger partial charge in [-0.1, -0.05) is 0 Å². The molecule has 0 aliphatic heterocycles. The van der Waals surface area contributed by atoms with Crippen LogP contribution in [0.4, 0.5) is 17.5 Å². The van der Waals surface area contributed by atoms with Crippen LogP contribution >= 0.6 is 0 Å².